The Kier molecular flexibility index (Phi) is 3.43. The lowest BCUT2D eigenvalue weighted by Crippen LogP contribution is -2.15. The molecule has 0 saturated heterocycles. The van der Waals surface area contributed by atoms with Crippen molar-refractivity contribution in [3.63, 3.8) is 0 Å². The van der Waals surface area contributed by atoms with E-state index < -0.39 is 0 Å². The van der Waals surface area contributed by atoms with Gasteiger partial charge in [-0.2, -0.15) is 0 Å². The van der Waals surface area contributed by atoms with Crippen LogP contribution in [0.25, 0.3) is 0 Å². The molecule has 3 rings (SSSR count). The van der Waals surface area contributed by atoms with E-state index in [0.29, 0.717) is 6.04 Å². The highest BCUT2D eigenvalue weighted by molar-refractivity contribution is 5.27. The molecule has 98 valence electrons. The predicted octanol–water partition coefficient (Wildman–Crippen LogP) is 4.08. The van der Waals surface area contributed by atoms with Gasteiger partial charge < -0.3 is 5.73 Å². The second-order valence-corrected chi connectivity index (χ2v) is 6.21. The summed E-state index contributed by atoms with van der Waals surface area (Å²) < 4.78 is 0. The molecular formula is C17H25N. The first-order chi connectivity index (χ1) is 8.81. The van der Waals surface area contributed by atoms with E-state index in [1.165, 1.54) is 49.7 Å². The van der Waals surface area contributed by atoms with Gasteiger partial charge in [-0.25, -0.2) is 0 Å². The maximum Gasteiger partial charge on any atom is 0.0329 e. The van der Waals surface area contributed by atoms with Crippen molar-refractivity contribution in [1.82, 2.24) is 0 Å². The highest BCUT2D eigenvalue weighted by Crippen LogP contribution is 2.61. The molecule has 2 aliphatic rings. The first kappa shape index (κ1) is 12.2. The summed E-state index contributed by atoms with van der Waals surface area (Å²) in [6.45, 7) is 2.25. The Bertz CT molecular complexity index is 385. The normalized spacial score (nSPS) is 31.1. The molecule has 0 bridgehead atoms. The predicted molar refractivity (Wildman–Crippen MR) is 76.3 cm³/mol. The lowest BCUT2D eigenvalue weighted by molar-refractivity contribution is 0.502. The molecular weight excluding hydrogens is 218 g/mol. The van der Waals surface area contributed by atoms with Gasteiger partial charge in [-0.1, -0.05) is 44.0 Å². The lowest BCUT2D eigenvalue weighted by atomic mass is 9.96. The summed E-state index contributed by atoms with van der Waals surface area (Å²) in [6.07, 6.45) is 8.06. The van der Waals surface area contributed by atoms with E-state index in [-0.39, 0.29) is 0 Å². The summed E-state index contributed by atoms with van der Waals surface area (Å²) in [7, 11) is 0. The van der Waals surface area contributed by atoms with Crippen LogP contribution in [-0.2, 0) is 6.42 Å². The number of fused-ring (bicyclic) bond motifs is 1. The molecule has 3 unspecified atom stereocenters. The summed E-state index contributed by atoms with van der Waals surface area (Å²) >= 11 is 0. The highest BCUT2D eigenvalue weighted by Gasteiger charge is 2.55. The average Bonchev–Trinajstić information content (AvgIpc) is 2.88. The molecule has 1 heteroatoms. The first-order valence-electron chi connectivity index (χ1n) is 7.65. The van der Waals surface area contributed by atoms with E-state index >= 15 is 0 Å². The summed E-state index contributed by atoms with van der Waals surface area (Å²) in [4.78, 5) is 0. The minimum absolute atomic E-state index is 0.292. The van der Waals surface area contributed by atoms with E-state index in [1.807, 2.05) is 0 Å². The highest BCUT2D eigenvalue weighted by atomic mass is 14.7. The van der Waals surface area contributed by atoms with Gasteiger partial charge in [0.25, 0.3) is 0 Å². The first-order valence-corrected chi connectivity index (χ1v) is 7.65. The molecule has 2 N–H and O–H groups in total. The van der Waals surface area contributed by atoms with E-state index in [0.717, 1.165) is 17.8 Å². The van der Waals surface area contributed by atoms with Crippen LogP contribution in [0.15, 0.2) is 24.3 Å². The van der Waals surface area contributed by atoms with Crippen molar-refractivity contribution in [3.8, 4) is 0 Å². The standard InChI is InChI=1S/C17H25N/c1-2-3-5-12-8-10-13(11-9-12)17(18)16-14-6-4-7-15(14)16/h8-11,14-17H,2-7,18H2,1H3. The van der Waals surface area contributed by atoms with Crippen molar-refractivity contribution in [2.24, 2.45) is 23.5 Å². The molecule has 0 heterocycles. The molecule has 1 nitrogen and oxygen atoms in total. The summed E-state index contributed by atoms with van der Waals surface area (Å²) in [6, 6.07) is 9.39. The monoisotopic (exact) mass is 243 g/mol. The van der Waals surface area contributed by atoms with E-state index in [4.69, 9.17) is 5.73 Å². The Morgan fingerprint density at radius 1 is 1.17 bits per heavy atom. The minimum atomic E-state index is 0.292. The zero-order valence-electron chi connectivity index (χ0n) is 11.4. The van der Waals surface area contributed by atoms with Gasteiger partial charge in [0.05, 0.1) is 0 Å². The van der Waals surface area contributed by atoms with Crippen LogP contribution in [0.5, 0.6) is 0 Å². The third-order valence-electron chi connectivity index (χ3n) is 5.07. The number of benzene rings is 1. The SMILES string of the molecule is CCCCc1ccc(C(N)C2C3CCCC32)cc1. The van der Waals surface area contributed by atoms with Gasteiger partial charge in [-0.05, 0) is 54.6 Å². The van der Waals surface area contributed by atoms with Gasteiger partial charge in [0.1, 0.15) is 0 Å². The van der Waals surface area contributed by atoms with Crippen LogP contribution in [0.4, 0.5) is 0 Å². The fourth-order valence-electron chi connectivity index (χ4n) is 3.92. The molecule has 2 aliphatic carbocycles. The van der Waals surface area contributed by atoms with Crippen molar-refractivity contribution < 1.29 is 0 Å². The smallest absolute Gasteiger partial charge is 0.0329 e. The molecule has 0 aromatic heterocycles. The van der Waals surface area contributed by atoms with E-state index in [9.17, 15) is 0 Å². The number of aryl methyl sites for hydroxylation is 1. The lowest BCUT2D eigenvalue weighted by Gasteiger charge is -2.14. The van der Waals surface area contributed by atoms with Gasteiger partial charge in [-0.3, -0.25) is 0 Å². The number of rotatable bonds is 5. The molecule has 2 saturated carbocycles. The largest absolute Gasteiger partial charge is 0.324 e. The second-order valence-electron chi connectivity index (χ2n) is 6.21. The Balaban J connectivity index is 1.62. The zero-order valence-corrected chi connectivity index (χ0v) is 11.4. The van der Waals surface area contributed by atoms with Crippen LogP contribution in [-0.4, -0.2) is 0 Å². The van der Waals surface area contributed by atoms with Crippen molar-refractivity contribution in [2.75, 3.05) is 0 Å². The van der Waals surface area contributed by atoms with Crippen LogP contribution in [0, 0.1) is 17.8 Å². The molecule has 18 heavy (non-hydrogen) atoms. The maximum atomic E-state index is 6.44. The molecule has 2 fully saturated rings. The van der Waals surface area contributed by atoms with E-state index in [1.54, 1.807) is 0 Å². The molecule has 3 atom stereocenters. The van der Waals surface area contributed by atoms with Crippen LogP contribution < -0.4 is 5.73 Å². The molecule has 1 aromatic rings. The number of hydrogen-bond acceptors (Lipinski definition) is 1. The van der Waals surface area contributed by atoms with Crippen molar-refractivity contribution in [3.05, 3.63) is 35.4 Å². The molecule has 0 radical (unpaired) electrons. The number of nitrogens with two attached hydrogens (primary N) is 1. The van der Waals surface area contributed by atoms with Crippen LogP contribution in [0.1, 0.15) is 56.2 Å². The fraction of sp³-hybridized carbons (Fsp3) is 0.647. The van der Waals surface area contributed by atoms with Crippen molar-refractivity contribution in [2.45, 2.75) is 51.5 Å². The average molecular weight is 243 g/mol. The van der Waals surface area contributed by atoms with Gasteiger partial charge in [0.2, 0.25) is 0 Å². The van der Waals surface area contributed by atoms with Crippen LogP contribution in [0.2, 0.25) is 0 Å². The fourth-order valence-corrected chi connectivity index (χ4v) is 3.92. The molecule has 1 aromatic carbocycles. The van der Waals surface area contributed by atoms with Crippen LogP contribution >= 0.6 is 0 Å². The minimum Gasteiger partial charge on any atom is -0.324 e. The topological polar surface area (TPSA) is 26.0 Å². The Hall–Kier alpha value is -0.820. The Labute approximate surface area is 111 Å². The molecule has 0 spiro atoms. The van der Waals surface area contributed by atoms with Gasteiger partial charge >= 0.3 is 0 Å². The quantitative estimate of drug-likeness (QED) is 0.828. The van der Waals surface area contributed by atoms with Crippen molar-refractivity contribution in [1.29, 1.82) is 0 Å². The van der Waals surface area contributed by atoms with Gasteiger partial charge in [0, 0.05) is 6.04 Å². The summed E-state index contributed by atoms with van der Waals surface area (Å²) in [5.41, 5.74) is 9.26. The zero-order chi connectivity index (χ0) is 12.5. The van der Waals surface area contributed by atoms with Crippen LogP contribution in [0.3, 0.4) is 0 Å². The third kappa shape index (κ3) is 2.21. The van der Waals surface area contributed by atoms with Crippen molar-refractivity contribution >= 4 is 0 Å². The molecule has 0 aliphatic heterocycles. The molecule has 0 amide bonds. The number of hydrogen-bond donors (Lipinski definition) is 1. The maximum absolute atomic E-state index is 6.44. The van der Waals surface area contributed by atoms with Gasteiger partial charge in [0.15, 0.2) is 0 Å². The Morgan fingerprint density at radius 3 is 2.44 bits per heavy atom. The Morgan fingerprint density at radius 2 is 1.83 bits per heavy atom. The summed E-state index contributed by atoms with van der Waals surface area (Å²) in [5.74, 6) is 2.71. The third-order valence-corrected chi connectivity index (χ3v) is 5.07. The second kappa shape index (κ2) is 5.05. The number of unbranched alkanes of at least 4 members (excludes halogenated alkanes) is 1. The van der Waals surface area contributed by atoms with Gasteiger partial charge in [-0.15, -0.1) is 0 Å². The summed E-state index contributed by atoms with van der Waals surface area (Å²) in [5, 5.41) is 0. The van der Waals surface area contributed by atoms with E-state index in [2.05, 4.69) is 31.2 Å².